The zero-order valence-corrected chi connectivity index (χ0v) is 19.0. The van der Waals surface area contributed by atoms with E-state index >= 15 is 0 Å². The van der Waals surface area contributed by atoms with Crippen LogP contribution in [-0.4, -0.2) is 54.0 Å². The minimum Gasteiger partial charge on any atom is -0.379 e. The van der Waals surface area contributed by atoms with Crippen molar-refractivity contribution in [3.05, 3.63) is 70.9 Å². The molecule has 1 aromatic heterocycles. The Kier molecular flexibility index (Phi) is 7.77. The summed E-state index contributed by atoms with van der Waals surface area (Å²) < 4.78 is 7.67. The van der Waals surface area contributed by atoms with Crippen LogP contribution in [0.4, 0.5) is 0 Å². The first-order chi connectivity index (χ1) is 15.2. The van der Waals surface area contributed by atoms with Gasteiger partial charge in [-0.1, -0.05) is 48.0 Å². The molecule has 2 aromatic carbocycles. The van der Waals surface area contributed by atoms with E-state index in [-0.39, 0.29) is 0 Å². The molecule has 1 aliphatic heterocycles. The van der Waals surface area contributed by atoms with Crippen molar-refractivity contribution in [3.63, 3.8) is 0 Å². The van der Waals surface area contributed by atoms with E-state index in [1.54, 1.807) is 0 Å². The fourth-order valence-corrected chi connectivity index (χ4v) is 4.18. The summed E-state index contributed by atoms with van der Waals surface area (Å²) >= 11 is 11.8. The van der Waals surface area contributed by atoms with Gasteiger partial charge in [0.2, 0.25) is 0 Å². The van der Waals surface area contributed by atoms with E-state index in [1.165, 1.54) is 10.9 Å². The summed E-state index contributed by atoms with van der Waals surface area (Å²) in [6.45, 7) is 6.69. The van der Waals surface area contributed by atoms with Crippen LogP contribution in [0.5, 0.6) is 0 Å². The average Bonchev–Trinajstić information content (AvgIpc) is 3.13. The van der Waals surface area contributed by atoms with E-state index in [0.29, 0.717) is 18.2 Å². The molecule has 2 heterocycles. The third-order valence-corrected chi connectivity index (χ3v) is 6.09. The monoisotopic (exact) mass is 457 g/mol. The summed E-state index contributed by atoms with van der Waals surface area (Å²) in [6, 6.07) is 18.6. The van der Waals surface area contributed by atoms with Crippen molar-refractivity contribution in [3.8, 4) is 0 Å². The minimum absolute atomic E-state index is 0.599. The maximum Gasteiger partial charge on any atom is 0.180 e. The number of aromatic nitrogens is 1. The molecule has 164 valence electrons. The van der Waals surface area contributed by atoms with Gasteiger partial charge < -0.3 is 14.6 Å². The number of halogens is 1. The molecule has 4 rings (SSSR count). The van der Waals surface area contributed by atoms with Crippen LogP contribution in [0.3, 0.4) is 0 Å². The number of thiocarbonyl (C=S) groups is 1. The van der Waals surface area contributed by atoms with E-state index in [0.717, 1.165) is 55.7 Å². The number of morpholine rings is 1. The Balaban J connectivity index is 1.33. The van der Waals surface area contributed by atoms with E-state index in [4.69, 9.17) is 28.6 Å². The van der Waals surface area contributed by atoms with Gasteiger partial charge in [-0.15, -0.1) is 0 Å². The largest absolute Gasteiger partial charge is 0.379 e. The molecule has 0 saturated carbocycles. The summed E-state index contributed by atoms with van der Waals surface area (Å²) in [7, 11) is 0. The molecule has 0 amide bonds. The first kappa shape index (κ1) is 22.0. The van der Waals surface area contributed by atoms with Crippen LogP contribution in [0.2, 0.25) is 5.02 Å². The molecule has 0 atom stereocenters. The van der Waals surface area contributed by atoms with Crippen molar-refractivity contribution in [1.82, 2.24) is 25.6 Å². The number of nitrogens with one attached hydrogen (secondary N) is 3. The van der Waals surface area contributed by atoms with E-state index in [1.807, 2.05) is 18.2 Å². The third-order valence-electron chi connectivity index (χ3n) is 5.47. The van der Waals surface area contributed by atoms with Gasteiger partial charge in [-0.2, -0.15) is 0 Å². The molecule has 0 radical (unpaired) electrons. The number of hydrogen-bond acceptors (Lipinski definition) is 4. The quantitative estimate of drug-likeness (QED) is 0.357. The number of rotatable bonds is 8. The van der Waals surface area contributed by atoms with Gasteiger partial charge in [0, 0.05) is 49.0 Å². The van der Waals surface area contributed by atoms with Gasteiger partial charge in [0.15, 0.2) is 5.11 Å². The molecule has 0 unspecified atom stereocenters. The topological polar surface area (TPSA) is 53.5 Å². The Bertz CT molecular complexity index is 1020. The minimum atomic E-state index is 0.599. The highest BCUT2D eigenvalue weighted by Crippen LogP contribution is 2.24. The maximum atomic E-state index is 6.42. The van der Waals surface area contributed by atoms with Crippen molar-refractivity contribution >= 4 is 39.8 Å². The number of hydrogen-bond donors (Lipinski definition) is 3. The lowest BCUT2D eigenvalue weighted by molar-refractivity contribution is 0.0389. The molecule has 6 nitrogen and oxygen atoms in total. The lowest BCUT2D eigenvalue weighted by atomic mass is 10.2. The van der Waals surface area contributed by atoms with Crippen LogP contribution in [0.1, 0.15) is 11.3 Å². The van der Waals surface area contributed by atoms with Crippen LogP contribution in [0, 0.1) is 0 Å². The number of para-hydroxylation sites is 1. The van der Waals surface area contributed by atoms with Gasteiger partial charge in [-0.05, 0) is 41.4 Å². The maximum absolute atomic E-state index is 6.42. The number of hydrazine groups is 1. The van der Waals surface area contributed by atoms with Crippen LogP contribution >= 0.6 is 23.8 Å². The van der Waals surface area contributed by atoms with Gasteiger partial charge >= 0.3 is 0 Å². The highest BCUT2D eigenvalue weighted by molar-refractivity contribution is 7.80. The highest BCUT2D eigenvalue weighted by Gasteiger charge is 2.11. The van der Waals surface area contributed by atoms with E-state index < -0.39 is 0 Å². The molecular weight excluding hydrogens is 430 g/mol. The summed E-state index contributed by atoms with van der Waals surface area (Å²) in [6.07, 6.45) is 0. The lowest BCUT2D eigenvalue weighted by Crippen LogP contribution is -2.47. The van der Waals surface area contributed by atoms with E-state index in [2.05, 4.69) is 62.0 Å². The van der Waals surface area contributed by atoms with E-state index in [9.17, 15) is 0 Å². The Hall–Kier alpha value is -2.16. The Morgan fingerprint density at radius 1 is 1.06 bits per heavy atom. The van der Waals surface area contributed by atoms with Gasteiger partial charge in [-0.25, -0.2) is 5.43 Å². The van der Waals surface area contributed by atoms with Crippen LogP contribution in [0.25, 0.3) is 10.9 Å². The molecule has 1 saturated heterocycles. The number of nitrogens with zero attached hydrogens (tertiary/aromatic N) is 2. The summed E-state index contributed by atoms with van der Waals surface area (Å²) in [5, 5.41) is 5.84. The smallest absolute Gasteiger partial charge is 0.180 e. The van der Waals surface area contributed by atoms with Crippen LogP contribution in [-0.2, 0) is 17.8 Å². The molecule has 31 heavy (non-hydrogen) atoms. The fourth-order valence-electron chi connectivity index (χ4n) is 3.81. The standard InChI is InChI=1S/C23H28ClN5OS/c24-21-7-3-1-6-19(21)17-29-20(15-18-5-2-4-8-22(18)29)16-26-27-23(31)25-9-10-28-11-13-30-14-12-28/h1-8,15,26H,9-14,16-17H2,(H2,25,27,31). The normalized spacial score (nSPS) is 14.6. The van der Waals surface area contributed by atoms with Crippen molar-refractivity contribution < 1.29 is 4.74 Å². The second-order valence-corrected chi connectivity index (χ2v) is 8.38. The zero-order valence-electron chi connectivity index (χ0n) is 17.4. The van der Waals surface area contributed by atoms with Gasteiger partial charge in [0.1, 0.15) is 0 Å². The molecule has 3 N–H and O–H groups in total. The molecular formula is C23H28ClN5OS. The number of ether oxygens (including phenoxy) is 1. The summed E-state index contributed by atoms with van der Waals surface area (Å²) in [4.78, 5) is 2.37. The number of benzene rings is 2. The Morgan fingerprint density at radius 2 is 1.84 bits per heavy atom. The summed E-state index contributed by atoms with van der Waals surface area (Å²) in [5.41, 5.74) is 9.79. The molecule has 1 fully saturated rings. The molecule has 0 aliphatic carbocycles. The number of fused-ring (bicyclic) bond motifs is 1. The summed E-state index contributed by atoms with van der Waals surface area (Å²) in [5.74, 6) is 0. The third kappa shape index (κ3) is 5.96. The Morgan fingerprint density at radius 3 is 2.68 bits per heavy atom. The SMILES string of the molecule is S=C(NCCN1CCOCC1)NNCc1cc2ccccc2n1Cc1ccccc1Cl. The van der Waals surface area contributed by atoms with Crippen molar-refractivity contribution in [1.29, 1.82) is 0 Å². The second kappa shape index (κ2) is 10.9. The fraction of sp³-hybridized carbons (Fsp3) is 0.348. The highest BCUT2D eigenvalue weighted by atomic mass is 35.5. The van der Waals surface area contributed by atoms with Gasteiger partial charge in [0.25, 0.3) is 0 Å². The molecule has 3 aromatic rings. The Labute approximate surface area is 193 Å². The molecule has 1 aliphatic rings. The van der Waals surface area contributed by atoms with Crippen molar-refractivity contribution in [2.24, 2.45) is 0 Å². The lowest BCUT2D eigenvalue weighted by Gasteiger charge is -2.26. The first-order valence-electron chi connectivity index (χ1n) is 10.6. The predicted octanol–water partition coefficient (Wildman–Crippen LogP) is 3.14. The molecule has 8 heteroatoms. The first-order valence-corrected chi connectivity index (χ1v) is 11.4. The van der Waals surface area contributed by atoms with Crippen LogP contribution in [0.15, 0.2) is 54.6 Å². The molecule has 0 spiro atoms. The van der Waals surface area contributed by atoms with Crippen LogP contribution < -0.4 is 16.2 Å². The predicted molar refractivity (Wildman–Crippen MR) is 130 cm³/mol. The van der Waals surface area contributed by atoms with Gasteiger partial charge in [-0.3, -0.25) is 10.3 Å². The van der Waals surface area contributed by atoms with Crippen molar-refractivity contribution in [2.75, 3.05) is 39.4 Å². The molecule has 0 bridgehead atoms. The van der Waals surface area contributed by atoms with Crippen molar-refractivity contribution in [2.45, 2.75) is 13.1 Å². The zero-order chi connectivity index (χ0) is 21.5. The van der Waals surface area contributed by atoms with Gasteiger partial charge in [0.05, 0.1) is 19.8 Å². The average molecular weight is 458 g/mol. The second-order valence-electron chi connectivity index (χ2n) is 7.56.